The van der Waals surface area contributed by atoms with E-state index >= 15 is 0 Å². The molecule has 0 radical (unpaired) electrons. The van der Waals surface area contributed by atoms with E-state index < -0.39 is 6.10 Å². The average Bonchev–Trinajstić information content (AvgIpc) is 2.59. The summed E-state index contributed by atoms with van der Waals surface area (Å²) in [5.41, 5.74) is 1.15. The number of benzene rings is 2. The molecule has 2 aromatic rings. The molecule has 0 bridgehead atoms. The van der Waals surface area contributed by atoms with E-state index in [-0.39, 0.29) is 19.1 Å². The van der Waals surface area contributed by atoms with Crippen LogP contribution >= 0.6 is 11.6 Å². The molecule has 0 aliphatic rings. The molecule has 0 spiro atoms. The van der Waals surface area contributed by atoms with Gasteiger partial charge in [-0.25, -0.2) is 0 Å². The van der Waals surface area contributed by atoms with Gasteiger partial charge in [-0.15, -0.1) is 0 Å². The number of halogens is 1. The number of aliphatic hydroxyl groups is 1. The van der Waals surface area contributed by atoms with E-state index in [1.165, 1.54) is 0 Å². The zero-order chi connectivity index (χ0) is 17.4. The minimum absolute atomic E-state index is 0.0790. The van der Waals surface area contributed by atoms with Gasteiger partial charge in [-0.3, -0.25) is 4.79 Å². The standard InChI is InChI=1S/C19H22ClNO3/c1-15(24-18-9-5-8-17(20)14-18)19(23)21(12-13-22)11-10-16-6-3-2-4-7-16/h2-9,14-15,22H,10-13H2,1H3. The minimum Gasteiger partial charge on any atom is -0.481 e. The zero-order valence-electron chi connectivity index (χ0n) is 13.7. The quantitative estimate of drug-likeness (QED) is 0.798. The first-order valence-corrected chi connectivity index (χ1v) is 8.33. The maximum absolute atomic E-state index is 12.6. The number of ether oxygens (including phenoxy) is 1. The number of hydrogen-bond donors (Lipinski definition) is 1. The fourth-order valence-electron chi connectivity index (χ4n) is 2.41. The monoisotopic (exact) mass is 347 g/mol. The third-order valence-corrected chi connectivity index (χ3v) is 3.89. The van der Waals surface area contributed by atoms with Crippen LogP contribution in [0.2, 0.25) is 5.02 Å². The molecule has 1 unspecified atom stereocenters. The van der Waals surface area contributed by atoms with Crippen LogP contribution in [0, 0.1) is 0 Å². The van der Waals surface area contributed by atoms with Crippen molar-refractivity contribution in [3.8, 4) is 5.75 Å². The SMILES string of the molecule is CC(Oc1cccc(Cl)c1)C(=O)N(CCO)CCc1ccccc1. The summed E-state index contributed by atoms with van der Waals surface area (Å²) < 4.78 is 5.68. The van der Waals surface area contributed by atoms with E-state index in [4.69, 9.17) is 16.3 Å². The molecule has 0 fully saturated rings. The highest BCUT2D eigenvalue weighted by molar-refractivity contribution is 6.30. The third-order valence-electron chi connectivity index (χ3n) is 3.65. The maximum Gasteiger partial charge on any atom is 0.263 e. The van der Waals surface area contributed by atoms with E-state index in [9.17, 15) is 9.90 Å². The van der Waals surface area contributed by atoms with E-state index in [0.29, 0.717) is 17.3 Å². The molecule has 1 atom stereocenters. The second kappa shape index (κ2) is 9.30. The van der Waals surface area contributed by atoms with Crippen LogP contribution in [0.4, 0.5) is 0 Å². The second-order valence-corrected chi connectivity index (χ2v) is 5.94. The number of hydrogen-bond acceptors (Lipinski definition) is 3. The highest BCUT2D eigenvalue weighted by atomic mass is 35.5. The van der Waals surface area contributed by atoms with Crippen molar-refractivity contribution in [2.45, 2.75) is 19.4 Å². The fraction of sp³-hybridized carbons (Fsp3) is 0.316. The second-order valence-electron chi connectivity index (χ2n) is 5.50. The third kappa shape index (κ3) is 5.55. The first-order chi connectivity index (χ1) is 11.6. The molecule has 1 amide bonds. The van der Waals surface area contributed by atoms with Gasteiger partial charge in [0.15, 0.2) is 6.10 Å². The molecule has 0 aromatic heterocycles. The van der Waals surface area contributed by atoms with Gasteiger partial charge in [-0.05, 0) is 37.1 Å². The molecule has 0 saturated carbocycles. The Hall–Kier alpha value is -2.04. The summed E-state index contributed by atoms with van der Waals surface area (Å²) in [6, 6.07) is 16.9. The normalized spacial score (nSPS) is 11.8. The Morgan fingerprint density at radius 2 is 1.92 bits per heavy atom. The Morgan fingerprint density at radius 3 is 2.58 bits per heavy atom. The van der Waals surface area contributed by atoms with Gasteiger partial charge in [0.05, 0.1) is 6.61 Å². The Kier molecular flexibility index (Phi) is 7.09. The average molecular weight is 348 g/mol. The van der Waals surface area contributed by atoms with Crippen LogP contribution in [0.1, 0.15) is 12.5 Å². The first-order valence-electron chi connectivity index (χ1n) is 7.96. The van der Waals surface area contributed by atoms with Gasteiger partial charge < -0.3 is 14.7 Å². The molecular formula is C19H22ClNO3. The van der Waals surface area contributed by atoms with Crippen LogP contribution in [0.15, 0.2) is 54.6 Å². The summed E-state index contributed by atoms with van der Waals surface area (Å²) in [5.74, 6) is 0.398. The van der Waals surface area contributed by atoms with Gasteiger partial charge in [0.25, 0.3) is 5.91 Å². The Bertz CT molecular complexity index is 648. The van der Waals surface area contributed by atoms with E-state index in [1.807, 2.05) is 30.3 Å². The number of nitrogens with zero attached hydrogens (tertiary/aromatic N) is 1. The van der Waals surface area contributed by atoms with Crippen molar-refractivity contribution >= 4 is 17.5 Å². The Balaban J connectivity index is 1.96. The largest absolute Gasteiger partial charge is 0.481 e. The van der Waals surface area contributed by atoms with Gasteiger partial charge in [0.1, 0.15) is 5.75 Å². The lowest BCUT2D eigenvalue weighted by Gasteiger charge is -2.25. The summed E-state index contributed by atoms with van der Waals surface area (Å²) in [6.07, 6.45) is 0.0852. The summed E-state index contributed by atoms with van der Waals surface area (Å²) >= 11 is 5.93. The van der Waals surface area contributed by atoms with Gasteiger partial charge in [0, 0.05) is 18.1 Å². The summed E-state index contributed by atoms with van der Waals surface area (Å²) in [7, 11) is 0. The van der Waals surface area contributed by atoms with E-state index in [1.54, 1.807) is 36.1 Å². The molecule has 0 aliphatic carbocycles. The van der Waals surface area contributed by atoms with Gasteiger partial charge in [-0.1, -0.05) is 48.0 Å². The number of rotatable bonds is 8. The molecular weight excluding hydrogens is 326 g/mol. The first kappa shape index (κ1) is 18.3. The van der Waals surface area contributed by atoms with Crippen LogP contribution in [0.5, 0.6) is 5.75 Å². The van der Waals surface area contributed by atoms with Gasteiger partial charge in [0.2, 0.25) is 0 Å². The summed E-state index contributed by atoms with van der Waals surface area (Å²) in [5, 5.41) is 9.80. The summed E-state index contributed by atoms with van der Waals surface area (Å²) in [6.45, 7) is 2.45. The molecule has 2 rings (SSSR count). The molecule has 24 heavy (non-hydrogen) atoms. The lowest BCUT2D eigenvalue weighted by atomic mass is 10.1. The van der Waals surface area contributed by atoms with Crippen molar-refractivity contribution in [1.82, 2.24) is 4.90 Å². The van der Waals surface area contributed by atoms with E-state index in [0.717, 1.165) is 12.0 Å². The predicted octanol–water partition coefficient (Wildman–Crippen LogP) is 3.17. The number of amides is 1. The molecule has 4 nitrogen and oxygen atoms in total. The number of aliphatic hydroxyl groups excluding tert-OH is 1. The molecule has 128 valence electrons. The highest BCUT2D eigenvalue weighted by Crippen LogP contribution is 2.19. The predicted molar refractivity (Wildman–Crippen MR) is 95.4 cm³/mol. The van der Waals surface area contributed by atoms with Crippen molar-refractivity contribution in [1.29, 1.82) is 0 Å². The molecule has 2 aromatic carbocycles. The Morgan fingerprint density at radius 1 is 1.17 bits per heavy atom. The van der Waals surface area contributed by atoms with Crippen LogP contribution in [-0.2, 0) is 11.2 Å². The topological polar surface area (TPSA) is 49.8 Å². The van der Waals surface area contributed by atoms with Gasteiger partial charge in [-0.2, -0.15) is 0 Å². The number of carbonyl (C=O) groups is 1. The zero-order valence-corrected chi connectivity index (χ0v) is 14.4. The van der Waals surface area contributed by atoms with Crippen molar-refractivity contribution < 1.29 is 14.6 Å². The van der Waals surface area contributed by atoms with Crippen LogP contribution < -0.4 is 4.74 Å². The Labute approximate surface area is 147 Å². The molecule has 0 aliphatic heterocycles. The lowest BCUT2D eigenvalue weighted by molar-refractivity contribution is -0.138. The van der Waals surface area contributed by atoms with Crippen LogP contribution in [-0.4, -0.2) is 41.7 Å². The molecule has 0 heterocycles. The molecule has 5 heteroatoms. The van der Waals surface area contributed by atoms with Crippen molar-refractivity contribution in [3.63, 3.8) is 0 Å². The van der Waals surface area contributed by atoms with Crippen LogP contribution in [0.3, 0.4) is 0 Å². The smallest absolute Gasteiger partial charge is 0.263 e. The van der Waals surface area contributed by atoms with Crippen molar-refractivity contribution in [2.75, 3.05) is 19.7 Å². The van der Waals surface area contributed by atoms with Crippen LogP contribution in [0.25, 0.3) is 0 Å². The van der Waals surface area contributed by atoms with Crippen molar-refractivity contribution in [3.05, 3.63) is 65.2 Å². The number of carbonyl (C=O) groups excluding carboxylic acids is 1. The fourth-order valence-corrected chi connectivity index (χ4v) is 2.59. The molecule has 1 N–H and O–H groups in total. The lowest BCUT2D eigenvalue weighted by Crippen LogP contribution is -2.43. The maximum atomic E-state index is 12.6. The summed E-state index contributed by atoms with van der Waals surface area (Å²) in [4.78, 5) is 14.2. The van der Waals surface area contributed by atoms with Gasteiger partial charge >= 0.3 is 0 Å². The van der Waals surface area contributed by atoms with E-state index in [2.05, 4.69) is 0 Å². The highest BCUT2D eigenvalue weighted by Gasteiger charge is 2.21. The molecule has 0 saturated heterocycles. The minimum atomic E-state index is -0.647. The van der Waals surface area contributed by atoms with Crippen molar-refractivity contribution in [2.24, 2.45) is 0 Å².